The highest BCUT2D eigenvalue weighted by atomic mass is 16.5. The van der Waals surface area contributed by atoms with Gasteiger partial charge in [-0.2, -0.15) is 0 Å². The van der Waals surface area contributed by atoms with Gasteiger partial charge in [0.2, 0.25) is 0 Å². The molecule has 0 spiro atoms. The zero-order chi connectivity index (χ0) is 7.40. The van der Waals surface area contributed by atoms with Gasteiger partial charge in [-0.05, 0) is 12.8 Å². The first kappa shape index (κ1) is 7.54. The van der Waals surface area contributed by atoms with E-state index in [1.54, 1.807) is 0 Å². The Kier molecular flexibility index (Phi) is 2.68. The lowest BCUT2D eigenvalue weighted by Gasteiger charge is -2.12. The molecule has 1 saturated heterocycles. The molecular weight excluding hydrogens is 130 g/mol. The standard InChI is InChI=1S/C7H13NO2/c1-7(9)10-6-8-4-2-3-5-8/h2-6H2,1H3. The number of carbonyl (C=O) groups is 1. The molecule has 0 aromatic carbocycles. The van der Waals surface area contributed by atoms with Gasteiger partial charge in [0.1, 0.15) is 6.73 Å². The summed E-state index contributed by atoms with van der Waals surface area (Å²) < 4.78 is 4.81. The summed E-state index contributed by atoms with van der Waals surface area (Å²) in [5.74, 6) is -0.188. The summed E-state index contributed by atoms with van der Waals surface area (Å²) in [7, 11) is 0. The van der Waals surface area contributed by atoms with Gasteiger partial charge in [-0.1, -0.05) is 0 Å². The van der Waals surface area contributed by atoms with E-state index < -0.39 is 0 Å². The van der Waals surface area contributed by atoms with Crippen LogP contribution in [0.1, 0.15) is 19.8 Å². The minimum absolute atomic E-state index is 0.188. The smallest absolute Gasteiger partial charge is 0.303 e. The van der Waals surface area contributed by atoms with Crippen molar-refractivity contribution < 1.29 is 9.53 Å². The first-order valence-electron chi connectivity index (χ1n) is 3.65. The van der Waals surface area contributed by atoms with Crippen molar-refractivity contribution in [3.05, 3.63) is 0 Å². The predicted molar refractivity (Wildman–Crippen MR) is 37.4 cm³/mol. The minimum atomic E-state index is -0.188. The van der Waals surface area contributed by atoms with Crippen LogP contribution < -0.4 is 0 Å². The predicted octanol–water partition coefficient (Wildman–Crippen LogP) is 0.603. The summed E-state index contributed by atoms with van der Waals surface area (Å²) in [5, 5.41) is 0. The topological polar surface area (TPSA) is 29.5 Å². The van der Waals surface area contributed by atoms with E-state index in [0.717, 1.165) is 13.1 Å². The van der Waals surface area contributed by atoms with Crippen LogP contribution in [0.3, 0.4) is 0 Å². The highest BCUT2D eigenvalue weighted by molar-refractivity contribution is 5.65. The number of likely N-dealkylation sites (tertiary alicyclic amines) is 1. The van der Waals surface area contributed by atoms with E-state index in [9.17, 15) is 4.79 Å². The number of rotatable bonds is 2. The number of carbonyl (C=O) groups excluding carboxylic acids is 1. The lowest BCUT2D eigenvalue weighted by Crippen LogP contribution is -2.23. The molecule has 1 aliphatic heterocycles. The van der Waals surface area contributed by atoms with Crippen LogP contribution in [-0.2, 0) is 9.53 Å². The maximum absolute atomic E-state index is 10.4. The largest absolute Gasteiger partial charge is 0.450 e. The lowest BCUT2D eigenvalue weighted by molar-refractivity contribution is -0.145. The average Bonchev–Trinajstić information content (AvgIpc) is 2.34. The molecule has 3 nitrogen and oxygen atoms in total. The van der Waals surface area contributed by atoms with Crippen molar-refractivity contribution in [1.29, 1.82) is 0 Å². The molecule has 0 aliphatic carbocycles. The van der Waals surface area contributed by atoms with Crippen LogP contribution in [-0.4, -0.2) is 30.7 Å². The van der Waals surface area contributed by atoms with Crippen LogP contribution in [0, 0.1) is 0 Å². The molecule has 0 aromatic rings. The fourth-order valence-electron chi connectivity index (χ4n) is 1.09. The second-order valence-corrected chi connectivity index (χ2v) is 2.59. The summed E-state index contributed by atoms with van der Waals surface area (Å²) in [6.07, 6.45) is 2.47. The van der Waals surface area contributed by atoms with Crippen LogP contribution in [0.4, 0.5) is 0 Å². The molecule has 0 N–H and O–H groups in total. The monoisotopic (exact) mass is 143 g/mol. The van der Waals surface area contributed by atoms with Crippen molar-refractivity contribution in [3.8, 4) is 0 Å². The Labute approximate surface area is 61.0 Å². The fourth-order valence-corrected chi connectivity index (χ4v) is 1.09. The summed E-state index contributed by atoms with van der Waals surface area (Å²) in [6.45, 7) is 4.08. The zero-order valence-corrected chi connectivity index (χ0v) is 6.30. The van der Waals surface area contributed by atoms with E-state index in [-0.39, 0.29) is 5.97 Å². The Morgan fingerprint density at radius 2 is 2.10 bits per heavy atom. The summed E-state index contributed by atoms with van der Waals surface area (Å²) >= 11 is 0. The molecule has 1 aliphatic rings. The second-order valence-electron chi connectivity index (χ2n) is 2.59. The summed E-state index contributed by atoms with van der Waals surface area (Å²) in [6, 6.07) is 0. The van der Waals surface area contributed by atoms with Gasteiger partial charge in [0.05, 0.1) is 0 Å². The van der Waals surface area contributed by atoms with Gasteiger partial charge in [-0.15, -0.1) is 0 Å². The molecule has 0 saturated carbocycles. The van der Waals surface area contributed by atoms with E-state index in [0.29, 0.717) is 6.73 Å². The van der Waals surface area contributed by atoms with E-state index in [1.807, 2.05) is 0 Å². The Morgan fingerprint density at radius 3 is 2.60 bits per heavy atom. The van der Waals surface area contributed by atoms with Crippen molar-refractivity contribution in [3.63, 3.8) is 0 Å². The van der Waals surface area contributed by atoms with Crippen LogP contribution in [0.25, 0.3) is 0 Å². The van der Waals surface area contributed by atoms with Gasteiger partial charge in [0.15, 0.2) is 0 Å². The van der Waals surface area contributed by atoms with Crippen molar-refractivity contribution in [1.82, 2.24) is 4.90 Å². The third kappa shape index (κ3) is 2.35. The number of hydrogen-bond donors (Lipinski definition) is 0. The quantitative estimate of drug-likeness (QED) is 0.530. The molecule has 3 heteroatoms. The van der Waals surface area contributed by atoms with Crippen LogP contribution in [0.2, 0.25) is 0 Å². The third-order valence-corrected chi connectivity index (χ3v) is 1.65. The van der Waals surface area contributed by atoms with Crippen molar-refractivity contribution in [2.75, 3.05) is 19.8 Å². The second kappa shape index (κ2) is 3.56. The first-order valence-corrected chi connectivity index (χ1v) is 3.65. The molecular formula is C7H13NO2. The molecule has 1 heterocycles. The molecule has 10 heavy (non-hydrogen) atoms. The highest BCUT2D eigenvalue weighted by Gasteiger charge is 2.11. The van der Waals surface area contributed by atoms with Gasteiger partial charge in [0, 0.05) is 20.0 Å². The van der Waals surface area contributed by atoms with Crippen LogP contribution in [0.5, 0.6) is 0 Å². The van der Waals surface area contributed by atoms with Crippen molar-refractivity contribution in [2.45, 2.75) is 19.8 Å². The molecule has 0 bridgehead atoms. The Morgan fingerprint density at radius 1 is 1.50 bits per heavy atom. The Bertz CT molecular complexity index is 119. The van der Waals surface area contributed by atoms with Crippen molar-refractivity contribution in [2.24, 2.45) is 0 Å². The molecule has 0 unspecified atom stereocenters. The van der Waals surface area contributed by atoms with E-state index in [2.05, 4.69) is 4.90 Å². The van der Waals surface area contributed by atoms with Gasteiger partial charge < -0.3 is 4.74 Å². The van der Waals surface area contributed by atoms with E-state index in [4.69, 9.17) is 4.74 Å². The zero-order valence-electron chi connectivity index (χ0n) is 6.30. The summed E-state index contributed by atoms with van der Waals surface area (Å²) in [4.78, 5) is 12.5. The number of nitrogens with zero attached hydrogens (tertiary/aromatic N) is 1. The minimum Gasteiger partial charge on any atom is -0.450 e. The molecule has 1 rings (SSSR count). The molecule has 58 valence electrons. The Balaban J connectivity index is 2.07. The lowest BCUT2D eigenvalue weighted by atomic mass is 10.4. The summed E-state index contributed by atoms with van der Waals surface area (Å²) in [5.41, 5.74) is 0. The first-order chi connectivity index (χ1) is 4.79. The number of esters is 1. The molecule has 0 atom stereocenters. The Hall–Kier alpha value is -0.570. The van der Waals surface area contributed by atoms with Gasteiger partial charge >= 0.3 is 5.97 Å². The van der Waals surface area contributed by atoms with Gasteiger partial charge in [-0.25, -0.2) is 0 Å². The highest BCUT2D eigenvalue weighted by Crippen LogP contribution is 2.06. The molecule has 0 radical (unpaired) electrons. The number of hydrogen-bond acceptors (Lipinski definition) is 3. The maximum atomic E-state index is 10.4. The number of ether oxygens (including phenoxy) is 1. The third-order valence-electron chi connectivity index (χ3n) is 1.65. The van der Waals surface area contributed by atoms with E-state index in [1.165, 1.54) is 19.8 Å². The average molecular weight is 143 g/mol. The maximum Gasteiger partial charge on any atom is 0.303 e. The molecule has 0 amide bonds. The molecule has 1 fully saturated rings. The van der Waals surface area contributed by atoms with Gasteiger partial charge in [0.25, 0.3) is 0 Å². The molecule has 0 aromatic heterocycles. The van der Waals surface area contributed by atoms with Crippen LogP contribution >= 0.6 is 0 Å². The fraction of sp³-hybridized carbons (Fsp3) is 0.857. The van der Waals surface area contributed by atoms with Gasteiger partial charge in [-0.3, -0.25) is 9.69 Å². The van der Waals surface area contributed by atoms with Crippen LogP contribution in [0.15, 0.2) is 0 Å². The SMILES string of the molecule is CC(=O)OCN1CCCC1. The normalized spacial score (nSPS) is 19.3. The van der Waals surface area contributed by atoms with Crippen molar-refractivity contribution >= 4 is 5.97 Å². The van der Waals surface area contributed by atoms with E-state index >= 15 is 0 Å².